The number of piperidine rings is 1. The molecule has 1 N–H and O–H groups in total. The van der Waals surface area contributed by atoms with Gasteiger partial charge >= 0.3 is 0 Å². The van der Waals surface area contributed by atoms with Gasteiger partial charge in [0.15, 0.2) is 0 Å². The predicted molar refractivity (Wildman–Crippen MR) is 63.9 cm³/mol. The normalized spacial score (nSPS) is 19.6. The summed E-state index contributed by atoms with van der Waals surface area (Å²) < 4.78 is 12.0. The fraction of sp³-hybridized carbons (Fsp3) is 0.600. The first-order valence-corrected chi connectivity index (χ1v) is 7.02. The molecule has 0 bridgehead atoms. The lowest BCUT2D eigenvalue weighted by Crippen LogP contribution is -2.30. The largest absolute Gasteiger partial charge is 0.317 e. The molecule has 0 aliphatic carbocycles. The number of nitrogens with one attached hydrogen (secondary N) is 1. The van der Waals surface area contributed by atoms with Gasteiger partial charge in [0, 0.05) is 11.8 Å². The summed E-state index contributed by atoms with van der Waals surface area (Å²) in [5.74, 6) is 1.20. The van der Waals surface area contributed by atoms with Crippen LogP contribution < -0.4 is 5.32 Å². The predicted octanol–water partition coefficient (Wildman–Crippen LogP) is 1.24. The SMILES string of the molecule is O=S(CC1CCNCC1)c1cc(Cl)ncn1. The first-order valence-electron chi connectivity index (χ1n) is 5.32. The fourth-order valence-corrected chi connectivity index (χ4v) is 3.34. The Kier molecular flexibility index (Phi) is 4.26. The monoisotopic (exact) mass is 259 g/mol. The van der Waals surface area contributed by atoms with Crippen LogP contribution in [-0.2, 0) is 10.8 Å². The van der Waals surface area contributed by atoms with Gasteiger partial charge in [0.05, 0.1) is 10.8 Å². The van der Waals surface area contributed by atoms with Crippen LogP contribution in [0.15, 0.2) is 17.4 Å². The highest BCUT2D eigenvalue weighted by Gasteiger charge is 2.17. The van der Waals surface area contributed by atoms with E-state index in [4.69, 9.17) is 11.6 Å². The maximum Gasteiger partial charge on any atom is 0.133 e. The average Bonchev–Trinajstić information content (AvgIpc) is 2.30. The fourth-order valence-electron chi connectivity index (χ4n) is 1.79. The van der Waals surface area contributed by atoms with E-state index in [9.17, 15) is 4.21 Å². The van der Waals surface area contributed by atoms with E-state index < -0.39 is 10.8 Å². The molecule has 4 nitrogen and oxygen atoms in total. The van der Waals surface area contributed by atoms with E-state index in [0.717, 1.165) is 25.9 Å². The number of aromatic nitrogens is 2. The van der Waals surface area contributed by atoms with Crippen molar-refractivity contribution in [3.8, 4) is 0 Å². The summed E-state index contributed by atoms with van der Waals surface area (Å²) in [6.07, 6.45) is 3.53. The zero-order valence-electron chi connectivity index (χ0n) is 8.86. The lowest BCUT2D eigenvalue weighted by Gasteiger charge is -2.21. The van der Waals surface area contributed by atoms with Crippen molar-refractivity contribution in [3.05, 3.63) is 17.5 Å². The number of hydrogen-bond acceptors (Lipinski definition) is 4. The molecular formula is C10H14ClN3OS. The maximum atomic E-state index is 12.0. The van der Waals surface area contributed by atoms with Crippen LogP contribution in [0, 0.1) is 5.92 Å². The first-order chi connectivity index (χ1) is 7.75. The van der Waals surface area contributed by atoms with Gasteiger partial charge in [-0.05, 0) is 31.8 Å². The van der Waals surface area contributed by atoms with Crippen molar-refractivity contribution in [2.24, 2.45) is 5.92 Å². The molecule has 88 valence electrons. The van der Waals surface area contributed by atoms with Gasteiger partial charge in [-0.3, -0.25) is 4.21 Å². The van der Waals surface area contributed by atoms with E-state index >= 15 is 0 Å². The third-order valence-electron chi connectivity index (χ3n) is 2.69. The van der Waals surface area contributed by atoms with Crippen molar-refractivity contribution in [1.29, 1.82) is 0 Å². The summed E-state index contributed by atoms with van der Waals surface area (Å²) >= 11 is 5.74. The van der Waals surface area contributed by atoms with Crippen LogP contribution in [0.1, 0.15) is 12.8 Å². The summed E-state index contributed by atoms with van der Waals surface area (Å²) in [7, 11) is -1.05. The molecule has 1 aliphatic heterocycles. The van der Waals surface area contributed by atoms with Crippen LogP contribution in [0.5, 0.6) is 0 Å². The molecule has 1 aromatic rings. The minimum atomic E-state index is -1.05. The molecule has 2 heterocycles. The maximum absolute atomic E-state index is 12.0. The lowest BCUT2D eigenvalue weighted by molar-refractivity contribution is 0.405. The summed E-state index contributed by atoms with van der Waals surface area (Å²) in [6.45, 7) is 2.04. The molecule has 0 radical (unpaired) electrons. The molecular weight excluding hydrogens is 246 g/mol. The minimum absolute atomic E-state index is 0.351. The highest BCUT2D eigenvalue weighted by Crippen LogP contribution is 2.16. The Morgan fingerprint density at radius 2 is 2.19 bits per heavy atom. The minimum Gasteiger partial charge on any atom is -0.317 e. The van der Waals surface area contributed by atoms with Gasteiger partial charge in [0.1, 0.15) is 16.5 Å². The Morgan fingerprint density at radius 1 is 1.44 bits per heavy atom. The van der Waals surface area contributed by atoms with Crippen molar-refractivity contribution >= 4 is 22.4 Å². The van der Waals surface area contributed by atoms with Gasteiger partial charge in [-0.15, -0.1) is 0 Å². The second kappa shape index (κ2) is 5.70. The Balaban J connectivity index is 1.97. The Morgan fingerprint density at radius 3 is 2.88 bits per heavy atom. The van der Waals surface area contributed by atoms with Gasteiger partial charge < -0.3 is 5.32 Å². The second-order valence-corrected chi connectivity index (χ2v) is 5.71. The number of rotatable bonds is 3. The topological polar surface area (TPSA) is 54.9 Å². The van der Waals surface area contributed by atoms with E-state index in [1.807, 2.05) is 0 Å². The zero-order chi connectivity index (χ0) is 11.4. The van der Waals surface area contributed by atoms with Crippen molar-refractivity contribution < 1.29 is 4.21 Å². The van der Waals surface area contributed by atoms with Gasteiger partial charge in [-0.1, -0.05) is 11.6 Å². The standard InChI is InChI=1S/C10H14ClN3OS/c11-9-5-10(14-7-13-9)16(15)6-8-1-3-12-4-2-8/h5,7-8,12H,1-4,6H2. The third kappa shape index (κ3) is 3.23. The number of nitrogens with zero attached hydrogens (tertiary/aromatic N) is 2. The van der Waals surface area contributed by atoms with Gasteiger partial charge in [0.25, 0.3) is 0 Å². The zero-order valence-corrected chi connectivity index (χ0v) is 10.4. The van der Waals surface area contributed by atoms with E-state index in [-0.39, 0.29) is 0 Å². The molecule has 6 heteroatoms. The molecule has 0 aromatic carbocycles. The van der Waals surface area contributed by atoms with Crippen molar-refractivity contribution in [3.63, 3.8) is 0 Å². The van der Waals surface area contributed by atoms with Gasteiger partial charge in [-0.25, -0.2) is 9.97 Å². The van der Waals surface area contributed by atoms with Crippen LogP contribution >= 0.6 is 11.6 Å². The van der Waals surface area contributed by atoms with Crippen LogP contribution in [0.2, 0.25) is 5.15 Å². The average molecular weight is 260 g/mol. The number of hydrogen-bond donors (Lipinski definition) is 1. The smallest absolute Gasteiger partial charge is 0.133 e. The van der Waals surface area contributed by atoms with Crippen molar-refractivity contribution in [2.45, 2.75) is 17.9 Å². The van der Waals surface area contributed by atoms with Crippen LogP contribution in [0.4, 0.5) is 0 Å². The summed E-state index contributed by atoms with van der Waals surface area (Å²) in [5.41, 5.74) is 0. The van der Waals surface area contributed by atoms with Gasteiger partial charge in [-0.2, -0.15) is 0 Å². The van der Waals surface area contributed by atoms with Crippen LogP contribution in [0.25, 0.3) is 0 Å². The van der Waals surface area contributed by atoms with Crippen molar-refractivity contribution in [1.82, 2.24) is 15.3 Å². The van der Waals surface area contributed by atoms with E-state index in [0.29, 0.717) is 21.8 Å². The van der Waals surface area contributed by atoms with Crippen LogP contribution in [0.3, 0.4) is 0 Å². The van der Waals surface area contributed by atoms with Gasteiger partial charge in [0.2, 0.25) is 0 Å². The molecule has 1 atom stereocenters. The van der Waals surface area contributed by atoms with Crippen LogP contribution in [-0.4, -0.2) is 33.0 Å². The van der Waals surface area contributed by atoms with E-state index in [2.05, 4.69) is 15.3 Å². The summed E-state index contributed by atoms with van der Waals surface area (Å²) in [6, 6.07) is 1.58. The Bertz CT molecular complexity index is 382. The molecule has 2 rings (SSSR count). The molecule has 1 fully saturated rings. The van der Waals surface area contributed by atoms with E-state index in [1.54, 1.807) is 6.07 Å². The molecule has 1 saturated heterocycles. The molecule has 1 aliphatic rings. The van der Waals surface area contributed by atoms with E-state index in [1.165, 1.54) is 6.33 Å². The second-order valence-electron chi connectivity index (χ2n) is 3.88. The highest BCUT2D eigenvalue weighted by atomic mass is 35.5. The molecule has 1 unspecified atom stereocenters. The van der Waals surface area contributed by atoms with Crippen molar-refractivity contribution in [2.75, 3.05) is 18.8 Å². The highest BCUT2D eigenvalue weighted by molar-refractivity contribution is 7.84. The molecule has 0 amide bonds. The third-order valence-corrected chi connectivity index (χ3v) is 4.36. The molecule has 0 spiro atoms. The lowest BCUT2D eigenvalue weighted by atomic mass is 10.0. The Hall–Kier alpha value is -0.520. The molecule has 1 aromatic heterocycles. The quantitative estimate of drug-likeness (QED) is 0.830. The first kappa shape index (κ1) is 12.0. The summed E-state index contributed by atoms with van der Waals surface area (Å²) in [4.78, 5) is 7.77. The molecule has 16 heavy (non-hydrogen) atoms. The molecule has 0 saturated carbocycles. The summed E-state index contributed by atoms with van der Waals surface area (Å²) in [5, 5.41) is 4.18. The number of halogens is 1. The Labute approximate surface area is 102 Å².